The van der Waals surface area contributed by atoms with Gasteiger partial charge in [-0.25, -0.2) is 4.79 Å². The molecule has 0 spiro atoms. The molecule has 0 unspecified atom stereocenters. The summed E-state index contributed by atoms with van der Waals surface area (Å²) in [5.41, 5.74) is 1.48. The number of nitrogens with zero attached hydrogens (tertiary/aromatic N) is 2. The first-order chi connectivity index (χ1) is 10.5. The zero-order chi connectivity index (χ0) is 16.1. The molecule has 0 saturated carbocycles. The molecule has 6 heteroatoms. The maximum absolute atomic E-state index is 12.4. The van der Waals surface area contributed by atoms with Gasteiger partial charge in [-0.2, -0.15) is 0 Å². The Morgan fingerprint density at radius 2 is 2.18 bits per heavy atom. The third-order valence-corrected chi connectivity index (χ3v) is 3.64. The van der Waals surface area contributed by atoms with Crippen molar-refractivity contribution in [1.82, 2.24) is 20.5 Å². The minimum Gasteiger partial charge on any atom is -0.338 e. The fraction of sp³-hybridized carbons (Fsp3) is 0.562. The molecule has 120 valence electrons. The van der Waals surface area contributed by atoms with Gasteiger partial charge in [0.1, 0.15) is 0 Å². The summed E-state index contributed by atoms with van der Waals surface area (Å²) in [5, 5.41) is 5.75. The number of pyridine rings is 1. The van der Waals surface area contributed by atoms with Crippen LogP contribution in [0.3, 0.4) is 0 Å². The minimum absolute atomic E-state index is 0.00881. The number of carbonyl (C=O) groups is 2. The van der Waals surface area contributed by atoms with Crippen LogP contribution in [0.1, 0.15) is 36.3 Å². The molecule has 22 heavy (non-hydrogen) atoms. The van der Waals surface area contributed by atoms with E-state index in [4.69, 9.17) is 0 Å². The monoisotopic (exact) mass is 304 g/mol. The van der Waals surface area contributed by atoms with E-state index < -0.39 is 0 Å². The number of hydrogen-bond acceptors (Lipinski definition) is 3. The third-order valence-electron chi connectivity index (χ3n) is 3.64. The van der Waals surface area contributed by atoms with E-state index in [-0.39, 0.29) is 18.0 Å². The van der Waals surface area contributed by atoms with Gasteiger partial charge in [-0.05, 0) is 31.4 Å². The highest BCUT2D eigenvalue weighted by Crippen LogP contribution is 2.13. The van der Waals surface area contributed by atoms with Gasteiger partial charge < -0.3 is 15.5 Å². The van der Waals surface area contributed by atoms with Gasteiger partial charge in [-0.1, -0.05) is 13.8 Å². The van der Waals surface area contributed by atoms with Gasteiger partial charge in [0.15, 0.2) is 0 Å². The number of nitrogens with one attached hydrogen (secondary N) is 2. The molecule has 1 aromatic rings. The quantitative estimate of drug-likeness (QED) is 0.886. The Morgan fingerprint density at radius 1 is 1.41 bits per heavy atom. The van der Waals surface area contributed by atoms with Gasteiger partial charge in [0, 0.05) is 37.6 Å². The molecule has 0 bridgehead atoms. The molecule has 1 aromatic heterocycles. The van der Waals surface area contributed by atoms with E-state index in [1.165, 1.54) is 0 Å². The number of carbonyl (C=O) groups excluding carboxylic acids is 2. The van der Waals surface area contributed by atoms with Gasteiger partial charge in [-0.3, -0.25) is 9.78 Å². The summed E-state index contributed by atoms with van der Waals surface area (Å²) in [4.78, 5) is 30.0. The van der Waals surface area contributed by atoms with E-state index in [0.29, 0.717) is 31.1 Å². The number of hydrogen-bond donors (Lipinski definition) is 2. The topological polar surface area (TPSA) is 74.3 Å². The molecular weight excluding hydrogens is 280 g/mol. The van der Waals surface area contributed by atoms with Crippen molar-refractivity contribution in [2.45, 2.75) is 33.2 Å². The van der Waals surface area contributed by atoms with Crippen LogP contribution in [0.25, 0.3) is 0 Å². The molecule has 0 aromatic carbocycles. The van der Waals surface area contributed by atoms with Crippen LogP contribution in [0.2, 0.25) is 0 Å². The Morgan fingerprint density at radius 3 is 2.82 bits per heavy atom. The summed E-state index contributed by atoms with van der Waals surface area (Å²) >= 11 is 0. The molecular formula is C16H24N4O2. The molecule has 2 N–H and O–H groups in total. The molecule has 0 aliphatic carbocycles. The first kappa shape index (κ1) is 16.3. The van der Waals surface area contributed by atoms with E-state index in [9.17, 15) is 9.59 Å². The van der Waals surface area contributed by atoms with Crippen LogP contribution < -0.4 is 10.6 Å². The molecule has 1 atom stereocenters. The average molecular weight is 304 g/mol. The lowest BCUT2D eigenvalue weighted by atomic mass is 10.2. The lowest BCUT2D eigenvalue weighted by molar-refractivity contribution is 0.0789. The van der Waals surface area contributed by atoms with E-state index in [1.807, 2.05) is 26.8 Å². The van der Waals surface area contributed by atoms with Crippen LogP contribution in [0.15, 0.2) is 18.3 Å². The Balaban J connectivity index is 1.83. The second kappa shape index (κ2) is 7.24. The van der Waals surface area contributed by atoms with Crippen molar-refractivity contribution < 1.29 is 9.59 Å². The fourth-order valence-electron chi connectivity index (χ4n) is 2.37. The van der Waals surface area contributed by atoms with Gasteiger partial charge in [-0.15, -0.1) is 0 Å². The highest BCUT2D eigenvalue weighted by molar-refractivity contribution is 5.94. The first-order valence-electron chi connectivity index (χ1n) is 7.72. The number of likely N-dealkylation sites (tertiary alicyclic amines) is 1. The van der Waals surface area contributed by atoms with Crippen LogP contribution in [-0.2, 0) is 0 Å². The molecule has 0 radical (unpaired) electrons. The predicted octanol–water partition coefficient (Wildman–Crippen LogP) is 1.56. The van der Waals surface area contributed by atoms with Crippen molar-refractivity contribution in [2.24, 2.45) is 5.92 Å². The summed E-state index contributed by atoms with van der Waals surface area (Å²) in [7, 11) is 0. The van der Waals surface area contributed by atoms with Crippen LogP contribution in [-0.4, -0.2) is 47.5 Å². The molecule has 1 saturated heterocycles. The summed E-state index contributed by atoms with van der Waals surface area (Å²) in [6.07, 6.45) is 2.38. The molecule has 6 nitrogen and oxygen atoms in total. The highest BCUT2D eigenvalue weighted by atomic mass is 16.2. The van der Waals surface area contributed by atoms with Crippen LogP contribution in [0.4, 0.5) is 4.79 Å². The average Bonchev–Trinajstić information content (AvgIpc) is 2.93. The van der Waals surface area contributed by atoms with E-state index >= 15 is 0 Å². The number of aromatic nitrogens is 1. The highest BCUT2D eigenvalue weighted by Gasteiger charge is 2.28. The predicted molar refractivity (Wildman–Crippen MR) is 84.7 cm³/mol. The van der Waals surface area contributed by atoms with Crippen molar-refractivity contribution in [3.63, 3.8) is 0 Å². The van der Waals surface area contributed by atoms with E-state index in [1.54, 1.807) is 17.2 Å². The fourth-order valence-corrected chi connectivity index (χ4v) is 2.37. The number of amides is 3. The smallest absolute Gasteiger partial charge is 0.315 e. The van der Waals surface area contributed by atoms with Gasteiger partial charge in [0.2, 0.25) is 0 Å². The lowest BCUT2D eigenvalue weighted by Gasteiger charge is -2.17. The van der Waals surface area contributed by atoms with E-state index in [2.05, 4.69) is 15.6 Å². The lowest BCUT2D eigenvalue weighted by Crippen LogP contribution is -2.44. The second-order valence-corrected chi connectivity index (χ2v) is 6.17. The zero-order valence-electron chi connectivity index (χ0n) is 13.4. The maximum atomic E-state index is 12.4. The second-order valence-electron chi connectivity index (χ2n) is 6.17. The van der Waals surface area contributed by atoms with Gasteiger partial charge in [0.25, 0.3) is 5.91 Å². The Kier molecular flexibility index (Phi) is 5.35. The number of aryl methyl sites for hydroxylation is 1. The van der Waals surface area contributed by atoms with Crippen molar-refractivity contribution in [3.05, 3.63) is 29.6 Å². The summed E-state index contributed by atoms with van der Waals surface area (Å²) in [6, 6.07) is 3.47. The molecule has 2 rings (SSSR count). The number of rotatable bonds is 4. The van der Waals surface area contributed by atoms with Crippen molar-refractivity contribution in [1.29, 1.82) is 0 Å². The standard InChI is InChI=1S/C16H24N4O2/c1-11(2)8-18-16(22)19-14-6-7-20(10-14)15(21)13-5-4-12(3)17-9-13/h4-5,9,11,14H,6-8,10H2,1-3H3,(H2,18,19,22)/t14-/m1/s1. The molecule has 2 heterocycles. The Hall–Kier alpha value is -2.11. The van der Waals surface area contributed by atoms with Crippen LogP contribution in [0, 0.1) is 12.8 Å². The summed E-state index contributed by atoms with van der Waals surface area (Å²) in [6.45, 7) is 7.83. The molecule has 1 fully saturated rings. The SMILES string of the molecule is Cc1ccc(C(=O)N2CC[C@@H](NC(=O)NCC(C)C)C2)cn1. The number of urea groups is 1. The van der Waals surface area contributed by atoms with Crippen molar-refractivity contribution >= 4 is 11.9 Å². The molecule has 1 aliphatic heterocycles. The minimum atomic E-state index is -0.162. The first-order valence-corrected chi connectivity index (χ1v) is 7.72. The van der Waals surface area contributed by atoms with Crippen LogP contribution in [0.5, 0.6) is 0 Å². The normalized spacial score (nSPS) is 17.6. The summed E-state index contributed by atoms with van der Waals surface area (Å²) < 4.78 is 0. The zero-order valence-corrected chi connectivity index (χ0v) is 13.4. The Labute approximate surface area is 131 Å². The van der Waals surface area contributed by atoms with Crippen molar-refractivity contribution in [2.75, 3.05) is 19.6 Å². The Bertz CT molecular complexity index is 527. The third kappa shape index (κ3) is 4.44. The van der Waals surface area contributed by atoms with Gasteiger partial charge in [0.05, 0.1) is 5.56 Å². The maximum Gasteiger partial charge on any atom is 0.315 e. The van der Waals surface area contributed by atoms with Crippen molar-refractivity contribution in [3.8, 4) is 0 Å². The van der Waals surface area contributed by atoms with Crippen LogP contribution >= 0.6 is 0 Å². The largest absolute Gasteiger partial charge is 0.338 e. The molecule has 1 aliphatic rings. The molecule has 3 amide bonds. The van der Waals surface area contributed by atoms with Gasteiger partial charge >= 0.3 is 6.03 Å². The summed E-state index contributed by atoms with van der Waals surface area (Å²) in [5.74, 6) is 0.390. The van der Waals surface area contributed by atoms with E-state index in [0.717, 1.165) is 12.1 Å².